The van der Waals surface area contributed by atoms with E-state index in [2.05, 4.69) is 40.0 Å². The monoisotopic (exact) mass is 351 g/mol. The Kier molecular flexibility index (Phi) is 3.96. The first-order valence-electron chi connectivity index (χ1n) is 9.01. The predicted molar refractivity (Wildman–Crippen MR) is 94.0 cm³/mol. The van der Waals surface area contributed by atoms with E-state index in [-0.39, 0.29) is 24.3 Å². The highest BCUT2D eigenvalue weighted by Gasteiger charge is 2.65. The van der Waals surface area contributed by atoms with Crippen molar-refractivity contribution in [1.82, 2.24) is 5.43 Å². The van der Waals surface area contributed by atoms with Crippen molar-refractivity contribution >= 4 is 0 Å². The van der Waals surface area contributed by atoms with Crippen LogP contribution in [0.1, 0.15) is 17.5 Å². The lowest BCUT2D eigenvalue weighted by Crippen LogP contribution is -2.57. The number of fused-ring (bicyclic) bond motifs is 5. The Balaban J connectivity index is 1.36. The third kappa shape index (κ3) is 2.70. The summed E-state index contributed by atoms with van der Waals surface area (Å²) >= 11 is 0. The maximum absolute atomic E-state index is 6.37. The fourth-order valence-corrected chi connectivity index (χ4v) is 4.05. The van der Waals surface area contributed by atoms with Crippen molar-refractivity contribution in [2.75, 3.05) is 0 Å². The second kappa shape index (κ2) is 6.46. The number of ether oxygens (including phenoxy) is 3. The molecule has 4 atom stereocenters. The Bertz CT molecular complexity index is 740. The zero-order chi connectivity index (χ0) is 17.4. The lowest BCUT2D eigenvalue weighted by molar-refractivity contribution is -0.274. The molecule has 2 aromatic rings. The number of benzene rings is 2. The molecule has 1 N–H and O–H groups in total. The molecule has 134 valence electrons. The molecular formula is C20H21N3O3. The van der Waals surface area contributed by atoms with Crippen molar-refractivity contribution in [2.24, 2.45) is 10.3 Å². The van der Waals surface area contributed by atoms with E-state index < -0.39 is 5.79 Å². The van der Waals surface area contributed by atoms with E-state index in [0.717, 1.165) is 11.1 Å². The molecule has 2 fully saturated rings. The van der Waals surface area contributed by atoms with Crippen LogP contribution in [-0.4, -0.2) is 30.1 Å². The Morgan fingerprint density at radius 1 is 0.962 bits per heavy atom. The fraction of sp³-hybridized carbons (Fsp3) is 0.400. The maximum atomic E-state index is 6.37. The molecule has 0 radical (unpaired) electrons. The van der Waals surface area contributed by atoms with Crippen LogP contribution in [0.3, 0.4) is 0 Å². The van der Waals surface area contributed by atoms with Gasteiger partial charge < -0.3 is 14.2 Å². The average Bonchev–Trinajstić information content (AvgIpc) is 3.39. The van der Waals surface area contributed by atoms with Crippen molar-refractivity contribution in [3.63, 3.8) is 0 Å². The van der Waals surface area contributed by atoms with E-state index in [0.29, 0.717) is 19.6 Å². The molecule has 5 rings (SSSR count). The SMILES string of the molecule is c1ccc(COC2(OCc3ccccc3)CC3OC2C2NN=NC32)cc1. The molecule has 26 heavy (non-hydrogen) atoms. The fourth-order valence-electron chi connectivity index (χ4n) is 4.05. The van der Waals surface area contributed by atoms with Crippen LogP contribution in [0.25, 0.3) is 0 Å². The maximum Gasteiger partial charge on any atom is 0.200 e. The van der Waals surface area contributed by atoms with Gasteiger partial charge in [-0.15, -0.1) is 0 Å². The van der Waals surface area contributed by atoms with Gasteiger partial charge in [0.1, 0.15) is 18.2 Å². The van der Waals surface area contributed by atoms with Gasteiger partial charge in [-0.2, -0.15) is 5.11 Å². The van der Waals surface area contributed by atoms with Gasteiger partial charge in [0, 0.05) is 6.42 Å². The molecule has 6 nitrogen and oxygen atoms in total. The smallest absolute Gasteiger partial charge is 0.200 e. The largest absolute Gasteiger partial charge is 0.364 e. The van der Waals surface area contributed by atoms with Gasteiger partial charge >= 0.3 is 0 Å². The molecule has 0 amide bonds. The molecule has 0 aliphatic carbocycles. The standard InChI is InChI=1S/C20H21N3O3/c1-3-7-14(8-4-1)12-24-20(25-13-15-9-5-2-6-10-15)11-16-17-18(19(20)26-16)22-23-21-17/h1-10,16-19H,11-13H2,(H,21,22). The van der Waals surface area contributed by atoms with Crippen LogP contribution in [0.2, 0.25) is 0 Å². The molecule has 6 heteroatoms. The van der Waals surface area contributed by atoms with Crippen LogP contribution < -0.4 is 5.43 Å². The van der Waals surface area contributed by atoms with Gasteiger partial charge in [0.25, 0.3) is 0 Å². The third-order valence-electron chi connectivity index (χ3n) is 5.37. The molecule has 3 heterocycles. The van der Waals surface area contributed by atoms with Gasteiger partial charge in [0.15, 0.2) is 5.79 Å². The number of rotatable bonds is 6. The quantitative estimate of drug-likeness (QED) is 0.813. The first-order valence-corrected chi connectivity index (χ1v) is 9.01. The lowest BCUT2D eigenvalue weighted by atomic mass is 9.86. The molecule has 0 spiro atoms. The van der Waals surface area contributed by atoms with Crippen LogP contribution in [0.5, 0.6) is 0 Å². The zero-order valence-electron chi connectivity index (χ0n) is 14.3. The second-order valence-corrected chi connectivity index (χ2v) is 7.02. The van der Waals surface area contributed by atoms with Crippen LogP contribution in [0.15, 0.2) is 71.0 Å². The molecule has 2 bridgehead atoms. The highest BCUT2D eigenvalue weighted by molar-refractivity contribution is 5.17. The van der Waals surface area contributed by atoms with Gasteiger partial charge in [-0.25, -0.2) is 0 Å². The molecule has 0 saturated carbocycles. The summed E-state index contributed by atoms with van der Waals surface area (Å²) in [6.45, 7) is 0.960. The van der Waals surface area contributed by atoms with E-state index >= 15 is 0 Å². The molecule has 3 aliphatic rings. The highest BCUT2D eigenvalue weighted by atomic mass is 16.7. The minimum atomic E-state index is -0.792. The van der Waals surface area contributed by atoms with Crippen LogP contribution >= 0.6 is 0 Å². The summed E-state index contributed by atoms with van der Waals surface area (Å²) < 4.78 is 18.9. The summed E-state index contributed by atoms with van der Waals surface area (Å²) in [6.07, 6.45) is 0.425. The van der Waals surface area contributed by atoms with Crippen LogP contribution in [0, 0.1) is 0 Å². The van der Waals surface area contributed by atoms with Gasteiger partial charge in [0.2, 0.25) is 0 Å². The van der Waals surface area contributed by atoms with Gasteiger partial charge in [0.05, 0.1) is 19.3 Å². The number of nitrogens with zero attached hydrogens (tertiary/aromatic N) is 2. The summed E-state index contributed by atoms with van der Waals surface area (Å²) in [7, 11) is 0. The summed E-state index contributed by atoms with van der Waals surface area (Å²) in [4.78, 5) is 0. The lowest BCUT2D eigenvalue weighted by Gasteiger charge is -2.38. The molecular weight excluding hydrogens is 330 g/mol. The minimum Gasteiger partial charge on any atom is -0.364 e. The Morgan fingerprint density at radius 3 is 2.19 bits per heavy atom. The molecule has 0 aromatic heterocycles. The third-order valence-corrected chi connectivity index (χ3v) is 5.37. The van der Waals surface area contributed by atoms with E-state index in [1.807, 2.05) is 36.4 Å². The molecule has 3 aliphatic heterocycles. The summed E-state index contributed by atoms with van der Waals surface area (Å²) in [6, 6.07) is 20.4. The Labute approximate surface area is 152 Å². The molecule has 4 unspecified atom stereocenters. The Morgan fingerprint density at radius 2 is 1.58 bits per heavy atom. The zero-order valence-corrected chi connectivity index (χ0v) is 14.3. The van der Waals surface area contributed by atoms with E-state index in [1.165, 1.54) is 0 Å². The van der Waals surface area contributed by atoms with Crippen LogP contribution in [0.4, 0.5) is 0 Å². The summed E-state index contributed by atoms with van der Waals surface area (Å²) in [5.74, 6) is -0.792. The summed E-state index contributed by atoms with van der Waals surface area (Å²) in [5.41, 5.74) is 5.30. The normalized spacial score (nSPS) is 30.3. The van der Waals surface area contributed by atoms with Crippen molar-refractivity contribution in [3.8, 4) is 0 Å². The van der Waals surface area contributed by atoms with Crippen molar-refractivity contribution < 1.29 is 14.2 Å². The van der Waals surface area contributed by atoms with Crippen molar-refractivity contribution in [3.05, 3.63) is 71.8 Å². The topological polar surface area (TPSA) is 64.4 Å². The van der Waals surface area contributed by atoms with Crippen LogP contribution in [-0.2, 0) is 27.4 Å². The summed E-state index contributed by atoms with van der Waals surface area (Å²) in [5, 5.41) is 8.26. The first kappa shape index (κ1) is 15.9. The van der Waals surface area contributed by atoms with Crippen molar-refractivity contribution in [1.29, 1.82) is 0 Å². The van der Waals surface area contributed by atoms with E-state index in [9.17, 15) is 0 Å². The van der Waals surface area contributed by atoms with Gasteiger partial charge in [-0.05, 0) is 11.1 Å². The van der Waals surface area contributed by atoms with Crippen molar-refractivity contribution in [2.45, 2.75) is 49.7 Å². The average molecular weight is 351 g/mol. The van der Waals surface area contributed by atoms with E-state index in [1.54, 1.807) is 0 Å². The predicted octanol–water partition coefficient (Wildman–Crippen LogP) is 3.00. The Hall–Kier alpha value is -2.28. The highest BCUT2D eigenvalue weighted by Crippen LogP contribution is 2.48. The first-order chi connectivity index (χ1) is 12.8. The minimum absolute atomic E-state index is 0.0142. The second-order valence-electron chi connectivity index (χ2n) is 7.02. The number of hydrogen-bond donors (Lipinski definition) is 1. The molecule has 2 aromatic carbocycles. The van der Waals surface area contributed by atoms with E-state index in [4.69, 9.17) is 14.2 Å². The molecule has 2 saturated heterocycles. The number of nitrogens with one attached hydrogen (secondary N) is 1. The number of hydrogen-bond acceptors (Lipinski definition) is 6. The van der Waals surface area contributed by atoms with Gasteiger partial charge in [-0.1, -0.05) is 65.9 Å². The van der Waals surface area contributed by atoms with Gasteiger partial charge in [-0.3, -0.25) is 5.43 Å².